The lowest BCUT2D eigenvalue weighted by Crippen LogP contribution is -2.35. The van der Waals surface area contributed by atoms with Crippen molar-refractivity contribution in [3.63, 3.8) is 0 Å². The molecule has 1 atom stereocenters. The van der Waals surface area contributed by atoms with Crippen molar-refractivity contribution in [2.24, 2.45) is 5.92 Å². The van der Waals surface area contributed by atoms with Crippen LogP contribution in [-0.4, -0.2) is 74.6 Å². The third kappa shape index (κ3) is 9.20. The van der Waals surface area contributed by atoms with Crippen molar-refractivity contribution in [1.82, 2.24) is 9.80 Å². The molecule has 1 aliphatic heterocycles. The number of likely N-dealkylation sites (N-methyl/N-ethyl adjacent to an activating group) is 1. The Balaban J connectivity index is 1.45. The molecule has 0 radical (unpaired) electrons. The van der Waals surface area contributed by atoms with E-state index in [0.29, 0.717) is 25.4 Å². The van der Waals surface area contributed by atoms with Gasteiger partial charge < -0.3 is 19.3 Å². The summed E-state index contributed by atoms with van der Waals surface area (Å²) in [5.41, 5.74) is 1.09. The highest BCUT2D eigenvalue weighted by atomic mass is 79.9. The molecule has 0 amide bonds. The predicted molar refractivity (Wildman–Crippen MR) is 151 cm³/mol. The maximum atomic E-state index is 10.5. The summed E-state index contributed by atoms with van der Waals surface area (Å²) in [6.45, 7) is 7.56. The first-order chi connectivity index (χ1) is 16.7. The lowest BCUT2D eigenvalue weighted by Gasteiger charge is -2.30. The van der Waals surface area contributed by atoms with Crippen LogP contribution in [0.1, 0.15) is 25.3 Å². The Morgan fingerprint density at radius 1 is 1.06 bits per heavy atom. The molecule has 35 heavy (non-hydrogen) atoms. The number of halogens is 3. The minimum Gasteiger partial charge on any atom is -0.493 e. The van der Waals surface area contributed by atoms with Crippen molar-refractivity contribution in [2.45, 2.75) is 32.4 Å². The number of piperidine rings is 1. The van der Waals surface area contributed by atoms with Gasteiger partial charge in [0.05, 0.1) is 16.1 Å². The van der Waals surface area contributed by atoms with Crippen LogP contribution in [0.2, 0.25) is 0 Å². The van der Waals surface area contributed by atoms with E-state index in [-0.39, 0.29) is 6.61 Å². The van der Waals surface area contributed by atoms with E-state index in [1.807, 2.05) is 31.3 Å². The lowest BCUT2D eigenvalue weighted by molar-refractivity contribution is 0.0738. The number of hydrogen-bond acceptors (Lipinski definition) is 6. The molecule has 2 aromatic carbocycles. The second kappa shape index (κ2) is 14.2. The number of likely N-dealkylation sites (tertiary alicyclic amines) is 1. The molecule has 1 N–H and O–H groups in total. The Bertz CT molecular complexity index is 931. The molecule has 1 fully saturated rings. The quantitative estimate of drug-likeness (QED) is 0.299. The molecule has 2 aromatic rings. The lowest BCUT2D eigenvalue weighted by atomic mass is 9.99. The molecule has 1 saturated heterocycles. The molecular weight excluding hydrogens is 644 g/mol. The number of ether oxygens (including phenoxy) is 3. The highest BCUT2D eigenvalue weighted by molar-refractivity contribution is 9.11. The number of benzene rings is 2. The average molecular weight is 679 g/mol. The van der Waals surface area contributed by atoms with Crippen LogP contribution in [-0.2, 0) is 6.54 Å². The van der Waals surface area contributed by atoms with Gasteiger partial charge in [-0.1, -0.05) is 28.9 Å². The van der Waals surface area contributed by atoms with Gasteiger partial charge in [0.2, 0.25) is 0 Å². The number of hydrogen-bond donors (Lipinski definition) is 1. The van der Waals surface area contributed by atoms with Crippen molar-refractivity contribution in [3.8, 4) is 17.2 Å². The molecule has 194 valence electrons. The van der Waals surface area contributed by atoms with E-state index in [1.165, 1.54) is 12.8 Å². The fourth-order valence-corrected chi connectivity index (χ4v) is 6.62. The standard InChI is InChI=1S/C26H35Br3N2O4/c1-18-6-8-31(9-7-18)10-11-34-24-5-4-19(12-25(24)33-3)15-30(2)16-21(32)17-35-26-22(28)13-20(27)14-23(26)29/h4-5,12-14,18,21,32H,6-11,15-17H2,1-3H3. The second-order valence-electron chi connectivity index (χ2n) is 9.22. The van der Waals surface area contributed by atoms with Crippen LogP contribution in [0.5, 0.6) is 17.2 Å². The van der Waals surface area contributed by atoms with Crippen LogP contribution in [0, 0.1) is 5.92 Å². The minimum absolute atomic E-state index is 0.190. The first kappa shape index (κ1) is 28.7. The van der Waals surface area contributed by atoms with E-state index >= 15 is 0 Å². The highest BCUT2D eigenvalue weighted by Gasteiger charge is 2.17. The van der Waals surface area contributed by atoms with Gasteiger partial charge in [0, 0.05) is 24.1 Å². The van der Waals surface area contributed by atoms with Crippen LogP contribution >= 0.6 is 47.8 Å². The summed E-state index contributed by atoms with van der Waals surface area (Å²) in [5.74, 6) is 3.01. The predicted octanol–water partition coefficient (Wildman–Crippen LogP) is 5.97. The van der Waals surface area contributed by atoms with Gasteiger partial charge in [-0.3, -0.25) is 9.80 Å². The zero-order valence-corrected chi connectivity index (χ0v) is 25.4. The summed E-state index contributed by atoms with van der Waals surface area (Å²) in [5, 5.41) is 10.5. The van der Waals surface area contributed by atoms with Crippen molar-refractivity contribution >= 4 is 47.8 Å². The van der Waals surface area contributed by atoms with E-state index in [0.717, 1.165) is 56.0 Å². The minimum atomic E-state index is -0.635. The highest BCUT2D eigenvalue weighted by Crippen LogP contribution is 2.36. The van der Waals surface area contributed by atoms with Gasteiger partial charge in [-0.25, -0.2) is 0 Å². The number of nitrogens with zero attached hydrogens (tertiary/aromatic N) is 2. The Labute approximate surface area is 234 Å². The fourth-order valence-electron chi connectivity index (χ4n) is 4.14. The van der Waals surface area contributed by atoms with E-state index in [2.05, 4.69) is 70.6 Å². The van der Waals surface area contributed by atoms with Gasteiger partial charge >= 0.3 is 0 Å². The summed E-state index contributed by atoms with van der Waals surface area (Å²) >= 11 is 10.4. The van der Waals surface area contributed by atoms with E-state index in [1.54, 1.807) is 7.11 Å². The molecule has 0 bridgehead atoms. The van der Waals surface area contributed by atoms with Crippen molar-refractivity contribution in [2.75, 3.05) is 53.6 Å². The van der Waals surface area contributed by atoms with Gasteiger partial charge in [0.15, 0.2) is 11.5 Å². The summed E-state index contributed by atoms with van der Waals surface area (Å²) in [7, 11) is 3.65. The Hall–Kier alpha value is -0.840. The first-order valence-electron chi connectivity index (χ1n) is 11.9. The van der Waals surface area contributed by atoms with Gasteiger partial charge in [-0.15, -0.1) is 0 Å². The van der Waals surface area contributed by atoms with Crippen LogP contribution in [0.25, 0.3) is 0 Å². The van der Waals surface area contributed by atoms with E-state index in [9.17, 15) is 5.11 Å². The molecule has 1 heterocycles. The largest absolute Gasteiger partial charge is 0.493 e. The van der Waals surface area contributed by atoms with E-state index in [4.69, 9.17) is 14.2 Å². The van der Waals surface area contributed by atoms with Crippen molar-refractivity contribution in [3.05, 3.63) is 49.3 Å². The van der Waals surface area contributed by atoms with Crippen molar-refractivity contribution in [1.29, 1.82) is 0 Å². The topological polar surface area (TPSA) is 54.4 Å². The summed E-state index contributed by atoms with van der Waals surface area (Å²) in [4.78, 5) is 4.53. The molecule has 3 rings (SSSR count). The van der Waals surface area contributed by atoms with Crippen LogP contribution in [0.15, 0.2) is 43.7 Å². The van der Waals surface area contributed by atoms with Crippen LogP contribution in [0.4, 0.5) is 0 Å². The van der Waals surface area contributed by atoms with Crippen LogP contribution in [0.3, 0.4) is 0 Å². The Kier molecular flexibility index (Phi) is 11.6. The number of aliphatic hydroxyl groups excluding tert-OH is 1. The maximum Gasteiger partial charge on any atom is 0.161 e. The fraction of sp³-hybridized carbons (Fsp3) is 0.538. The zero-order valence-electron chi connectivity index (χ0n) is 20.6. The molecule has 0 aliphatic carbocycles. The summed E-state index contributed by atoms with van der Waals surface area (Å²) in [6.07, 6.45) is 1.90. The monoisotopic (exact) mass is 676 g/mol. The van der Waals surface area contributed by atoms with Gasteiger partial charge in [-0.05, 0) is 101 Å². The Morgan fingerprint density at radius 2 is 1.74 bits per heavy atom. The third-order valence-electron chi connectivity index (χ3n) is 6.13. The molecule has 6 nitrogen and oxygen atoms in total. The molecule has 0 aromatic heterocycles. The number of rotatable bonds is 12. The van der Waals surface area contributed by atoms with Gasteiger partial charge in [0.1, 0.15) is 25.1 Å². The first-order valence-corrected chi connectivity index (χ1v) is 14.3. The molecule has 1 aliphatic rings. The second-order valence-corrected chi connectivity index (χ2v) is 11.8. The number of methoxy groups -OCH3 is 1. The van der Waals surface area contributed by atoms with Gasteiger partial charge in [-0.2, -0.15) is 0 Å². The maximum absolute atomic E-state index is 10.5. The van der Waals surface area contributed by atoms with Crippen molar-refractivity contribution < 1.29 is 19.3 Å². The van der Waals surface area contributed by atoms with Gasteiger partial charge in [0.25, 0.3) is 0 Å². The Morgan fingerprint density at radius 3 is 2.40 bits per heavy atom. The zero-order chi connectivity index (χ0) is 25.4. The van der Waals surface area contributed by atoms with Crippen LogP contribution < -0.4 is 14.2 Å². The summed E-state index contributed by atoms with van der Waals surface area (Å²) in [6, 6.07) is 9.85. The number of aliphatic hydroxyl groups is 1. The molecular formula is C26H35Br3N2O4. The normalized spacial score (nSPS) is 15.9. The SMILES string of the molecule is COc1cc(CN(C)CC(O)COc2c(Br)cc(Br)cc2Br)ccc1OCCN1CCC(C)CC1. The van der Waals surface area contributed by atoms with E-state index < -0.39 is 6.10 Å². The molecule has 0 spiro atoms. The molecule has 9 heteroatoms. The molecule has 0 saturated carbocycles. The average Bonchev–Trinajstić information content (AvgIpc) is 2.80. The molecule has 1 unspecified atom stereocenters. The third-order valence-corrected chi connectivity index (χ3v) is 7.76. The smallest absolute Gasteiger partial charge is 0.161 e. The summed E-state index contributed by atoms with van der Waals surface area (Å²) < 4.78 is 20.0.